The number of aryl methyl sites for hydroxylation is 1. The minimum absolute atomic E-state index is 0.0770. The molecule has 94 valence electrons. The van der Waals surface area contributed by atoms with Crippen molar-refractivity contribution in [2.24, 2.45) is 7.05 Å². The van der Waals surface area contributed by atoms with Crippen molar-refractivity contribution >= 4 is 12.0 Å². The molecule has 1 atom stereocenters. The van der Waals surface area contributed by atoms with Crippen LogP contribution in [0.25, 0.3) is 6.08 Å². The molecule has 0 aromatic carbocycles. The molecule has 1 heterocycles. The van der Waals surface area contributed by atoms with Crippen LogP contribution in [0.4, 0.5) is 0 Å². The molecule has 1 aromatic heterocycles. The highest BCUT2D eigenvalue weighted by atomic mass is 16.2. The third-order valence-electron chi connectivity index (χ3n) is 2.34. The third-order valence-corrected chi connectivity index (χ3v) is 2.34. The van der Waals surface area contributed by atoms with E-state index in [1.165, 1.54) is 6.08 Å². The van der Waals surface area contributed by atoms with Crippen LogP contribution < -0.4 is 5.32 Å². The molecule has 0 spiro atoms. The summed E-state index contributed by atoms with van der Waals surface area (Å²) < 4.78 is 1.68. The first-order chi connectivity index (χ1) is 8.11. The summed E-state index contributed by atoms with van der Waals surface area (Å²) in [6.45, 7) is 2.08. The summed E-state index contributed by atoms with van der Waals surface area (Å²) in [4.78, 5) is 11.5. The first-order valence-electron chi connectivity index (χ1n) is 5.70. The van der Waals surface area contributed by atoms with Gasteiger partial charge < -0.3 is 10.4 Å². The number of aromatic nitrogens is 2. The third kappa shape index (κ3) is 5.31. The van der Waals surface area contributed by atoms with Gasteiger partial charge in [-0.15, -0.1) is 0 Å². The summed E-state index contributed by atoms with van der Waals surface area (Å²) in [5.74, 6) is -0.126. The lowest BCUT2D eigenvalue weighted by Gasteiger charge is -2.10. The van der Waals surface area contributed by atoms with E-state index in [0.29, 0.717) is 6.42 Å². The maximum Gasteiger partial charge on any atom is 0.244 e. The normalized spacial score (nSPS) is 12.9. The largest absolute Gasteiger partial charge is 0.396 e. The van der Waals surface area contributed by atoms with Crippen LogP contribution >= 0.6 is 0 Å². The molecule has 1 aromatic rings. The van der Waals surface area contributed by atoms with Crippen LogP contribution in [0.2, 0.25) is 0 Å². The zero-order chi connectivity index (χ0) is 12.7. The van der Waals surface area contributed by atoms with Crippen molar-refractivity contribution in [2.45, 2.75) is 25.8 Å². The SMILES string of the molecule is CC(CCCO)NC(=O)C=Cc1cnn(C)c1. The lowest BCUT2D eigenvalue weighted by Crippen LogP contribution is -2.31. The molecule has 0 aliphatic heterocycles. The Morgan fingerprint density at radius 1 is 1.71 bits per heavy atom. The highest BCUT2D eigenvalue weighted by molar-refractivity contribution is 5.91. The minimum Gasteiger partial charge on any atom is -0.396 e. The van der Waals surface area contributed by atoms with Gasteiger partial charge in [-0.25, -0.2) is 0 Å². The highest BCUT2D eigenvalue weighted by Gasteiger charge is 2.03. The summed E-state index contributed by atoms with van der Waals surface area (Å²) in [7, 11) is 1.83. The van der Waals surface area contributed by atoms with Crippen LogP contribution in [-0.4, -0.2) is 33.4 Å². The Labute approximate surface area is 101 Å². The summed E-state index contributed by atoms with van der Waals surface area (Å²) in [5.41, 5.74) is 0.894. The van der Waals surface area contributed by atoms with Crippen molar-refractivity contribution in [1.82, 2.24) is 15.1 Å². The van der Waals surface area contributed by atoms with Crippen molar-refractivity contribution in [3.8, 4) is 0 Å². The zero-order valence-corrected chi connectivity index (χ0v) is 10.3. The van der Waals surface area contributed by atoms with Gasteiger partial charge >= 0.3 is 0 Å². The zero-order valence-electron chi connectivity index (χ0n) is 10.3. The fraction of sp³-hybridized carbons (Fsp3) is 0.500. The van der Waals surface area contributed by atoms with Crippen LogP contribution in [0.15, 0.2) is 18.5 Å². The van der Waals surface area contributed by atoms with E-state index in [0.717, 1.165) is 12.0 Å². The summed E-state index contributed by atoms with van der Waals surface area (Å²) in [6.07, 6.45) is 8.22. The van der Waals surface area contributed by atoms with Gasteiger partial charge in [-0.3, -0.25) is 9.48 Å². The second-order valence-electron chi connectivity index (χ2n) is 4.06. The number of amides is 1. The number of hydrogen-bond donors (Lipinski definition) is 2. The van der Waals surface area contributed by atoms with Crippen molar-refractivity contribution in [3.05, 3.63) is 24.0 Å². The fourth-order valence-electron chi connectivity index (χ4n) is 1.46. The molecule has 0 bridgehead atoms. The Morgan fingerprint density at radius 2 is 2.47 bits per heavy atom. The van der Waals surface area contributed by atoms with Crippen LogP contribution in [0.1, 0.15) is 25.3 Å². The Hall–Kier alpha value is -1.62. The number of nitrogens with one attached hydrogen (secondary N) is 1. The summed E-state index contributed by atoms with van der Waals surface area (Å²) >= 11 is 0. The molecule has 1 rings (SSSR count). The smallest absolute Gasteiger partial charge is 0.244 e. The average Bonchev–Trinajstić information content (AvgIpc) is 2.70. The van der Waals surface area contributed by atoms with E-state index in [4.69, 9.17) is 5.11 Å². The van der Waals surface area contributed by atoms with Gasteiger partial charge in [0.1, 0.15) is 0 Å². The van der Waals surface area contributed by atoms with Gasteiger partial charge in [-0.1, -0.05) is 0 Å². The topological polar surface area (TPSA) is 67.2 Å². The molecule has 17 heavy (non-hydrogen) atoms. The Bertz CT molecular complexity index is 385. The standard InChI is InChI=1S/C12H19N3O2/c1-10(4-3-7-16)14-12(17)6-5-11-8-13-15(2)9-11/h5-6,8-10,16H,3-4,7H2,1-2H3,(H,14,17). The van der Waals surface area contributed by atoms with Crippen molar-refractivity contribution in [2.75, 3.05) is 6.61 Å². The van der Waals surface area contributed by atoms with Crippen LogP contribution in [0.3, 0.4) is 0 Å². The number of aliphatic hydroxyl groups excluding tert-OH is 1. The predicted octanol–water partition coefficient (Wildman–Crippen LogP) is 0.710. The van der Waals surface area contributed by atoms with Gasteiger partial charge in [0.05, 0.1) is 6.20 Å². The first kappa shape index (κ1) is 13.4. The van der Waals surface area contributed by atoms with Gasteiger partial charge in [0.25, 0.3) is 0 Å². The molecule has 0 aliphatic rings. The molecule has 0 radical (unpaired) electrons. The molecule has 1 unspecified atom stereocenters. The number of nitrogens with zero attached hydrogens (tertiary/aromatic N) is 2. The van der Waals surface area contributed by atoms with E-state index in [-0.39, 0.29) is 18.6 Å². The summed E-state index contributed by atoms with van der Waals surface area (Å²) in [6, 6.07) is 0.0770. The monoisotopic (exact) mass is 237 g/mol. The molecule has 0 aliphatic carbocycles. The highest BCUT2D eigenvalue weighted by Crippen LogP contribution is 2.00. The summed E-state index contributed by atoms with van der Waals surface area (Å²) in [5, 5.41) is 15.5. The molecular weight excluding hydrogens is 218 g/mol. The Morgan fingerprint density at radius 3 is 3.06 bits per heavy atom. The number of rotatable bonds is 6. The van der Waals surface area contributed by atoms with Crippen molar-refractivity contribution in [3.63, 3.8) is 0 Å². The number of aliphatic hydroxyl groups is 1. The van der Waals surface area contributed by atoms with Crippen molar-refractivity contribution in [1.29, 1.82) is 0 Å². The quantitative estimate of drug-likeness (QED) is 0.716. The minimum atomic E-state index is -0.126. The van der Waals surface area contributed by atoms with Crippen LogP contribution in [0.5, 0.6) is 0 Å². The predicted molar refractivity (Wildman–Crippen MR) is 66.2 cm³/mol. The molecule has 5 heteroatoms. The number of hydrogen-bond acceptors (Lipinski definition) is 3. The molecule has 1 amide bonds. The maximum absolute atomic E-state index is 11.5. The average molecular weight is 237 g/mol. The van der Waals surface area contributed by atoms with Gasteiger partial charge in [-0.05, 0) is 25.8 Å². The van der Waals surface area contributed by atoms with Crippen molar-refractivity contribution < 1.29 is 9.90 Å². The van der Waals surface area contributed by atoms with Crippen LogP contribution in [0, 0.1) is 0 Å². The van der Waals surface area contributed by atoms with Gasteiger partial charge in [0, 0.05) is 37.5 Å². The van der Waals surface area contributed by atoms with E-state index in [1.54, 1.807) is 17.0 Å². The second kappa shape index (κ2) is 6.85. The van der Waals surface area contributed by atoms with Crippen LogP contribution in [-0.2, 0) is 11.8 Å². The Balaban J connectivity index is 2.36. The maximum atomic E-state index is 11.5. The molecule has 0 saturated carbocycles. The lowest BCUT2D eigenvalue weighted by molar-refractivity contribution is -0.117. The van der Waals surface area contributed by atoms with Gasteiger partial charge in [0.15, 0.2) is 0 Å². The van der Waals surface area contributed by atoms with E-state index in [9.17, 15) is 4.79 Å². The van der Waals surface area contributed by atoms with E-state index < -0.39 is 0 Å². The number of carbonyl (C=O) groups excluding carboxylic acids is 1. The molecule has 2 N–H and O–H groups in total. The fourth-order valence-corrected chi connectivity index (χ4v) is 1.46. The molecule has 0 saturated heterocycles. The van der Waals surface area contributed by atoms with E-state index in [2.05, 4.69) is 10.4 Å². The van der Waals surface area contributed by atoms with Gasteiger partial charge in [-0.2, -0.15) is 5.10 Å². The van der Waals surface area contributed by atoms with Gasteiger partial charge in [0.2, 0.25) is 5.91 Å². The number of carbonyl (C=O) groups is 1. The van der Waals surface area contributed by atoms with E-state index >= 15 is 0 Å². The Kier molecular flexibility index (Phi) is 5.42. The second-order valence-corrected chi connectivity index (χ2v) is 4.06. The molecule has 5 nitrogen and oxygen atoms in total. The lowest BCUT2D eigenvalue weighted by atomic mass is 10.2. The van der Waals surface area contributed by atoms with E-state index in [1.807, 2.05) is 20.2 Å². The molecular formula is C12H19N3O2. The molecule has 0 fully saturated rings. The first-order valence-corrected chi connectivity index (χ1v) is 5.70.